The minimum Gasteiger partial charge on any atom is -0.481 e. The summed E-state index contributed by atoms with van der Waals surface area (Å²) in [5, 5.41) is 11.4. The summed E-state index contributed by atoms with van der Waals surface area (Å²) in [5.41, 5.74) is 0.325. The van der Waals surface area contributed by atoms with E-state index in [1.54, 1.807) is 0 Å². The molecule has 0 spiro atoms. The smallest absolute Gasteiger partial charge is 0.306 e. The molecule has 1 aromatic carbocycles. The number of hydrogen-bond acceptors (Lipinski definition) is 2. The van der Waals surface area contributed by atoms with Crippen LogP contribution < -0.4 is 5.32 Å². The quantitative estimate of drug-likeness (QED) is 0.897. The Balaban J connectivity index is 1.98. The van der Waals surface area contributed by atoms with Crippen molar-refractivity contribution in [1.82, 2.24) is 0 Å². The van der Waals surface area contributed by atoms with Crippen molar-refractivity contribution < 1.29 is 19.1 Å². The molecule has 0 unspecified atom stereocenters. The van der Waals surface area contributed by atoms with E-state index in [-0.39, 0.29) is 16.8 Å². The molecule has 0 saturated heterocycles. The normalized spacial score (nSPS) is 22.2. The van der Waals surface area contributed by atoms with Gasteiger partial charge in [-0.15, -0.1) is 0 Å². The van der Waals surface area contributed by atoms with E-state index in [2.05, 4.69) is 5.32 Å². The summed E-state index contributed by atoms with van der Waals surface area (Å²) in [5.74, 6) is -2.54. The molecule has 0 bridgehead atoms. The van der Waals surface area contributed by atoms with Crippen LogP contribution >= 0.6 is 11.6 Å². The van der Waals surface area contributed by atoms with Gasteiger partial charge in [-0.2, -0.15) is 0 Å². The first-order valence-electron chi connectivity index (χ1n) is 5.96. The molecule has 2 rings (SSSR count). The Morgan fingerprint density at radius 3 is 2.58 bits per heavy atom. The number of carboxylic acids is 1. The van der Waals surface area contributed by atoms with Crippen molar-refractivity contribution in [2.24, 2.45) is 11.8 Å². The van der Waals surface area contributed by atoms with Crippen LogP contribution in [0.4, 0.5) is 10.1 Å². The van der Waals surface area contributed by atoms with E-state index >= 15 is 0 Å². The van der Waals surface area contributed by atoms with Crippen LogP contribution in [0.25, 0.3) is 0 Å². The number of carbonyl (C=O) groups is 2. The lowest BCUT2D eigenvalue weighted by molar-refractivity contribution is -0.141. The number of rotatable bonds is 3. The highest BCUT2D eigenvalue weighted by atomic mass is 35.5. The summed E-state index contributed by atoms with van der Waals surface area (Å²) in [6, 6.07) is 4.01. The van der Waals surface area contributed by atoms with E-state index in [0.29, 0.717) is 24.9 Å². The zero-order valence-corrected chi connectivity index (χ0v) is 10.8. The standard InChI is InChI=1S/C13H13ClFNO3/c14-10-4-3-9(6-11(10)15)16-12(17)7-1-2-8(5-7)13(18)19/h3-4,6-8H,1-2,5H2,(H,16,17)(H,18,19)/t7-,8+/m0/s1. The first kappa shape index (κ1) is 13.8. The Morgan fingerprint density at radius 1 is 1.32 bits per heavy atom. The van der Waals surface area contributed by atoms with E-state index in [1.165, 1.54) is 12.1 Å². The first-order valence-corrected chi connectivity index (χ1v) is 6.34. The van der Waals surface area contributed by atoms with Crippen LogP contribution in [-0.4, -0.2) is 17.0 Å². The number of aliphatic carboxylic acids is 1. The maximum atomic E-state index is 13.2. The lowest BCUT2D eigenvalue weighted by Crippen LogP contribution is -2.21. The molecular weight excluding hydrogens is 273 g/mol. The van der Waals surface area contributed by atoms with Crippen LogP contribution in [0.5, 0.6) is 0 Å². The first-order chi connectivity index (χ1) is 8.97. The summed E-state index contributed by atoms with van der Waals surface area (Å²) in [6.45, 7) is 0. The van der Waals surface area contributed by atoms with Gasteiger partial charge in [0, 0.05) is 11.6 Å². The van der Waals surface area contributed by atoms with Gasteiger partial charge in [0.15, 0.2) is 0 Å². The summed E-state index contributed by atoms with van der Waals surface area (Å²) in [7, 11) is 0. The van der Waals surface area contributed by atoms with Gasteiger partial charge in [0.05, 0.1) is 10.9 Å². The largest absolute Gasteiger partial charge is 0.481 e. The van der Waals surface area contributed by atoms with E-state index in [0.717, 1.165) is 6.07 Å². The van der Waals surface area contributed by atoms with Crippen LogP contribution in [-0.2, 0) is 9.59 Å². The minimum atomic E-state index is -0.868. The summed E-state index contributed by atoms with van der Waals surface area (Å²) in [6.07, 6.45) is 1.37. The average molecular weight is 286 g/mol. The third-order valence-corrected chi connectivity index (χ3v) is 3.65. The lowest BCUT2D eigenvalue weighted by atomic mass is 10.0. The van der Waals surface area contributed by atoms with Gasteiger partial charge in [-0.25, -0.2) is 4.39 Å². The molecular formula is C13H13ClFNO3. The third-order valence-electron chi connectivity index (χ3n) is 3.34. The Bertz CT molecular complexity index is 521. The minimum absolute atomic E-state index is 0.00944. The maximum Gasteiger partial charge on any atom is 0.306 e. The summed E-state index contributed by atoms with van der Waals surface area (Å²) < 4.78 is 13.2. The molecule has 1 saturated carbocycles. The molecule has 1 aliphatic rings. The van der Waals surface area contributed by atoms with E-state index in [9.17, 15) is 14.0 Å². The van der Waals surface area contributed by atoms with Crippen molar-refractivity contribution in [3.63, 3.8) is 0 Å². The molecule has 19 heavy (non-hydrogen) atoms. The van der Waals surface area contributed by atoms with E-state index in [1.807, 2.05) is 0 Å². The van der Waals surface area contributed by atoms with Gasteiger partial charge in [0.25, 0.3) is 0 Å². The number of carbonyl (C=O) groups excluding carboxylic acids is 1. The molecule has 6 heteroatoms. The molecule has 2 atom stereocenters. The fraction of sp³-hybridized carbons (Fsp3) is 0.385. The van der Waals surface area contributed by atoms with Crippen LogP contribution in [0.3, 0.4) is 0 Å². The Kier molecular flexibility index (Phi) is 4.04. The van der Waals surface area contributed by atoms with Gasteiger partial charge in [-0.1, -0.05) is 11.6 Å². The molecule has 0 radical (unpaired) electrons. The molecule has 1 aliphatic carbocycles. The number of benzene rings is 1. The second-order valence-corrected chi connectivity index (χ2v) is 5.07. The Labute approximate surface area is 114 Å². The Hall–Kier alpha value is -1.62. The zero-order valence-electron chi connectivity index (χ0n) is 10.0. The number of carboxylic acid groups (broad SMARTS) is 1. The van der Waals surface area contributed by atoms with Crippen molar-refractivity contribution >= 4 is 29.2 Å². The van der Waals surface area contributed by atoms with Crippen LogP contribution in [0.15, 0.2) is 18.2 Å². The van der Waals surface area contributed by atoms with Crippen LogP contribution in [0.2, 0.25) is 5.02 Å². The van der Waals surface area contributed by atoms with E-state index in [4.69, 9.17) is 16.7 Å². The molecule has 1 amide bonds. The van der Waals surface area contributed by atoms with E-state index < -0.39 is 17.7 Å². The van der Waals surface area contributed by atoms with Crippen molar-refractivity contribution in [2.75, 3.05) is 5.32 Å². The predicted octanol–water partition coefficient (Wildman–Crippen LogP) is 2.92. The SMILES string of the molecule is O=C(O)[C@@H]1CC[C@H](C(=O)Nc2ccc(Cl)c(F)c2)C1. The monoisotopic (exact) mass is 285 g/mol. The fourth-order valence-electron chi connectivity index (χ4n) is 2.26. The van der Waals surface area contributed by atoms with Gasteiger partial charge in [-0.05, 0) is 37.5 Å². The summed E-state index contributed by atoms with van der Waals surface area (Å²) in [4.78, 5) is 22.7. The average Bonchev–Trinajstić information content (AvgIpc) is 2.83. The Morgan fingerprint density at radius 2 is 2.00 bits per heavy atom. The molecule has 0 aromatic heterocycles. The highest BCUT2D eigenvalue weighted by Crippen LogP contribution is 2.32. The van der Waals surface area contributed by atoms with Gasteiger partial charge in [0.2, 0.25) is 5.91 Å². The van der Waals surface area contributed by atoms with Crippen molar-refractivity contribution in [3.8, 4) is 0 Å². The third kappa shape index (κ3) is 3.23. The highest BCUT2D eigenvalue weighted by Gasteiger charge is 2.33. The molecule has 0 aliphatic heterocycles. The molecule has 2 N–H and O–H groups in total. The molecule has 102 valence electrons. The maximum absolute atomic E-state index is 13.2. The van der Waals surface area contributed by atoms with Gasteiger partial charge in [-0.3, -0.25) is 9.59 Å². The predicted molar refractivity (Wildman–Crippen MR) is 68.5 cm³/mol. The van der Waals surface area contributed by atoms with Crippen molar-refractivity contribution in [3.05, 3.63) is 29.0 Å². The van der Waals surface area contributed by atoms with Crippen molar-refractivity contribution in [2.45, 2.75) is 19.3 Å². The molecule has 0 heterocycles. The van der Waals surface area contributed by atoms with Crippen LogP contribution in [0, 0.1) is 17.7 Å². The molecule has 1 fully saturated rings. The number of hydrogen-bond donors (Lipinski definition) is 2. The van der Waals surface area contributed by atoms with Crippen LogP contribution in [0.1, 0.15) is 19.3 Å². The summed E-state index contributed by atoms with van der Waals surface area (Å²) >= 11 is 5.55. The number of anilines is 1. The van der Waals surface area contributed by atoms with Crippen molar-refractivity contribution in [1.29, 1.82) is 0 Å². The molecule has 1 aromatic rings. The number of amides is 1. The zero-order chi connectivity index (χ0) is 14.0. The fourth-order valence-corrected chi connectivity index (χ4v) is 2.38. The molecule has 4 nitrogen and oxygen atoms in total. The lowest BCUT2D eigenvalue weighted by Gasteiger charge is -2.11. The van der Waals surface area contributed by atoms with Gasteiger partial charge >= 0.3 is 5.97 Å². The van der Waals surface area contributed by atoms with Gasteiger partial charge in [0.1, 0.15) is 5.82 Å². The van der Waals surface area contributed by atoms with Gasteiger partial charge < -0.3 is 10.4 Å². The highest BCUT2D eigenvalue weighted by molar-refractivity contribution is 6.30. The second kappa shape index (κ2) is 5.57. The number of halogens is 2. The number of nitrogens with one attached hydrogen (secondary N) is 1. The second-order valence-electron chi connectivity index (χ2n) is 4.66. The topological polar surface area (TPSA) is 66.4 Å².